The molecule has 1 aromatic rings. The number of hydrogen-bond donors (Lipinski definition) is 2. The molecular formula is C16H23NO5. The van der Waals surface area contributed by atoms with Crippen LogP contribution < -0.4 is 10.1 Å². The second-order valence-corrected chi connectivity index (χ2v) is 4.91. The Kier molecular flexibility index (Phi) is 7.39. The molecule has 0 aromatic heterocycles. The molecule has 0 aliphatic rings. The molecular weight excluding hydrogens is 286 g/mol. The van der Waals surface area contributed by atoms with E-state index < -0.39 is 17.9 Å². The molecule has 0 bridgehead atoms. The number of hydrogen-bond acceptors (Lipinski definition) is 4. The predicted molar refractivity (Wildman–Crippen MR) is 82.1 cm³/mol. The highest BCUT2D eigenvalue weighted by molar-refractivity contribution is 5.88. The third-order valence-corrected chi connectivity index (χ3v) is 3.47. The monoisotopic (exact) mass is 309 g/mol. The summed E-state index contributed by atoms with van der Waals surface area (Å²) in [7, 11) is 3.07. The summed E-state index contributed by atoms with van der Waals surface area (Å²) in [5.74, 6) is -1.04. The topological polar surface area (TPSA) is 84.9 Å². The van der Waals surface area contributed by atoms with Crippen molar-refractivity contribution < 1.29 is 24.2 Å². The van der Waals surface area contributed by atoms with E-state index in [-0.39, 0.29) is 18.9 Å². The highest BCUT2D eigenvalue weighted by Gasteiger charge is 2.25. The number of amides is 1. The highest BCUT2D eigenvalue weighted by Crippen LogP contribution is 2.22. The Bertz CT molecular complexity index is 486. The molecule has 0 aliphatic carbocycles. The van der Waals surface area contributed by atoms with Gasteiger partial charge >= 0.3 is 5.97 Å². The first-order valence-electron chi connectivity index (χ1n) is 7.19. The van der Waals surface area contributed by atoms with Gasteiger partial charge in [-0.15, -0.1) is 0 Å². The van der Waals surface area contributed by atoms with Crippen LogP contribution >= 0.6 is 0 Å². The largest absolute Gasteiger partial charge is 0.497 e. The molecule has 6 nitrogen and oxygen atoms in total. The number of benzene rings is 1. The molecule has 0 fully saturated rings. The van der Waals surface area contributed by atoms with Crippen LogP contribution in [-0.2, 0) is 14.3 Å². The van der Waals surface area contributed by atoms with Crippen molar-refractivity contribution in [2.45, 2.75) is 31.7 Å². The minimum Gasteiger partial charge on any atom is -0.497 e. The van der Waals surface area contributed by atoms with E-state index in [1.54, 1.807) is 19.2 Å². The van der Waals surface area contributed by atoms with Crippen molar-refractivity contribution in [2.24, 2.45) is 0 Å². The van der Waals surface area contributed by atoms with Crippen molar-refractivity contribution in [1.82, 2.24) is 5.32 Å². The Morgan fingerprint density at radius 3 is 2.32 bits per heavy atom. The molecule has 0 saturated carbocycles. The Balaban J connectivity index is 2.79. The van der Waals surface area contributed by atoms with Gasteiger partial charge in [-0.3, -0.25) is 4.79 Å². The lowest BCUT2D eigenvalue weighted by molar-refractivity contribution is -0.142. The number of carboxylic acids is 1. The Labute approximate surface area is 130 Å². The number of methoxy groups -OCH3 is 2. The van der Waals surface area contributed by atoms with E-state index in [1.807, 2.05) is 19.1 Å². The van der Waals surface area contributed by atoms with Crippen LogP contribution in [0.25, 0.3) is 0 Å². The van der Waals surface area contributed by atoms with E-state index >= 15 is 0 Å². The molecule has 0 spiro atoms. The van der Waals surface area contributed by atoms with Crippen molar-refractivity contribution in [3.8, 4) is 5.75 Å². The van der Waals surface area contributed by atoms with Gasteiger partial charge in [0.05, 0.1) is 13.0 Å². The van der Waals surface area contributed by atoms with Gasteiger partial charge < -0.3 is 19.9 Å². The van der Waals surface area contributed by atoms with Crippen LogP contribution in [0.5, 0.6) is 5.75 Å². The molecule has 1 aromatic carbocycles. The van der Waals surface area contributed by atoms with Crippen molar-refractivity contribution >= 4 is 11.9 Å². The van der Waals surface area contributed by atoms with Crippen LogP contribution in [0, 0.1) is 0 Å². The average Bonchev–Trinajstić information content (AvgIpc) is 2.52. The van der Waals surface area contributed by atoms with Crippen LogP contribution in [-0.4, -0.2) is 43.9 Å². The Hall–Kier alpha value is -2.08. The van der Waals surface area contributed by atoms with Crippen LogP contribution in [0.2, 0.25) is 0 Å². The molecule has 22 heavy (non-hydrogen) atoms. The zero-order valence-electron chi connectivity index (χ0n) is 13.2. The van der Waals surface area contributed by atoms with E-state index in [9.17, 15) is 9.59 Å². The fourth-order valence-corrected chi connectivity index (χ4v) is 2.17. The molecule has 1 amide bonds. The van der Waals surface area contributed by atoms with Gasteiger partial charge in [-0.1, -0.05) is 19.1 Å². The van der Waals surface area contributed by atoms with E-state index in [2.05, 4.69) is 5.32 Å². The normalized spacial score (nSPS) is 13.2. The minimum absolute atomic E-state index is 0.233. The lowest BCUT2D eigenvalue weighted by Gasteiger charge is -2.19. The average molecular weight is 309 g/mol. The predicted octanol–water partition coefficient (Wildman–Crippen LogP) is 1.79. The van der Waals surface area contributed by atoms with Crippen molar-refractivity contribution in [3.05, 3.63) is 29.8 Å². The maximum absolute atomic E-state index is 12.4. The van der Waals surface area contributed by atoms with E-state index in [1.165, 1.54) is 7.11 Å². The number of carbonyl (C=O) groups is 2. The van der Waals surface area contributed by atoms with Crippen molar-refractivity contribution in [2.75, 3.05) is 20.8 Å². The van der Waals surface area contributed by atoms with E-state index in [0.29, 0.717) is 12.2 Å². The first kappa shape index (κ1) is 18.0. The summed E-state index contributed by atoms with van der Waals surface area (Å²) in [5.41, 5.74) is 0.830. The lowest BCUT2D eigenvalue weighted by atomic mass is 9.95. The SMILES string of the molecule is CCC(C(=O)NC(CCOC)C(=O)O)c1ccc(OC)cc1. The second-order valence-electron chi connectivity index (χ2n) is 4.91. The lowest BCUT2D eigenvalue weighted by Crippen LogP contribution is -2.43. The summed E-state index contributed by atoms with van der Waals surface area (Å²) in [6.45, 7) is 2.16. The van der Waals surface area contributed by atoms with Crippen LogP contribution in [0.3, 0.4) is 0 Å². The van der Waals surface area contributed by atoms with Gasteiger partial charge in [-0.2, -0.15) is 0 Å². The summed E-state index contributed by atoms with van der Waals surface area (Å²) in [6.07, 6.45) is 0.811. The van der Waals surface area contributed by atoms with E-state index in [0.717, 1.165) is 5.56 Å². The van der Waals surface area contributed by atoms with Gasteiger partial charge in [-0.25, -0.2) is 4.79 Å². The molecule has 2 atom stereocenters. The summed E-state index contributed by atoms with van der Waals surface area (Å²) >= 11 is 0. The first-order valence-corrected chi connectivity index (χ1v) is 7.19. The number of nitrogens with one attached hydrogen (secondary N) is 1. The summed E-state index contributed by atoms with van der Waals surface area (Å²) in [5, 5.41) is 11.7. The highest BCUT2D eigenvalue weighted by atomic mass is 16.5. The molecule has 0 radical (unpaired) electrons. The van der Waals surface area contributed by atoms with Crippen molar-refractivity contribution in [1.29, 1.82) is 0 Å². The zero-order valence-corrected chi connectivity index (χ0v) is 13.2. The maximum atomic E-state index is 12.4. The minimum atomic E-state index is -1.06. The molecule has 6 heteroatoms. The Morgan fingerprint density at radius 2 is 1.86 bits per heavy atom. The van der Waals surface area contributed by atoms with Crippen molar-refractivity contribution in [3.63, 3.8) is 0 Å². The third-order valence-electron chi connectivity index (χ3n) is 3.47. The third kappa shape index (κ3) is 5.04. The van der Waals surface area contributed by atoms with Gasteiger partial charge in [-0.05, 0) is 24.1 Å². The van der Waals surface area contributed by atoms with Crippen LogP contribution in [0.1, 0.15) is 31.2 Å². The number of rotatable bonds is 9. The second kappa shape index (κ2) is 9.04. The van der Waals surface area contributed by atoms with Gasteiger partial charge in [0.1, 0.15) is 11.8 Å². The Morgan fingerprint density at radius 1 is 1.23 bits per heavy atom. The first-order chi connectivity index (χ1) is 10.5. The molecule has 122 valence electrons. The van der Waals surface area contributed by atoms with Gasteiger partial charge in [0.15, 0.2) is 0 Å². The van der Waals surface area contributed by atoms with E-state index in [4.69, 9.17) is 14.6 Å². The number of ether oxygens (including phenoxy) is 2. The fraction of sp³-hybridized carbons (Fsp3) is 0.500. The summed E-state index contributed by atoms with van der Waals surface area (Å²) in [6, 6.07) is 6.25. The van der Waals surface area contributed by atoms with Gasteiger partial charge in [0, 0.05) is 20.1 Å². The number of carboxylic acid groups (broad SMARTS) is 1. The molecule has 0 aliphatic heterocycles. The molecule has 2 unspecified atom stereocenters. The van der Waals surface area contributed by atoms with Crippen LogP contribution in [0.4, 0.5) is 0 Å². The quantitative estimate of drug-likeness (QED) is 0.726. The summed E-state index contributed by atoms with van der Waals surface area (Å²) < 4.78 is 9.96. The molecule has 0 heterocycles. The molecule has 1 rings (SSSR count). The van der Waals surface area contributed by atoms with Gasteiger partial charge in [0.2, 0.25) is 5.91 Å². The number of carbonyl (C=O) groups excluding carboxylic acids is 1. The maximum Gasteiger partial charge on any atom is 0.326 e. The molecule has 2 N–H and O–H groups in total. The zero-order chi connectivity index (χ0) is 16.5. The standard InChI is InChI=1S/C16H23NO5/c1-4-13(11-5-7-12(22-3)8-6-11)15(18)17-14(16(19)20)9-10-21-2/h5-8,13-14H,4,9-10H2,1-3H3,(H,17,18)(H,19,20). The smallest absolute Gasteiger partial charge is 0.326 e. The summed E-state index contributed by atoms with van der Waals surface area (Å²) in [4.78, 5) is 23.5. The van der Waals surface area contributed by atoms with Crippen LogP contribution in [0.15, 0.2) is 24.3 Å². The number of aliphatic carboxylic acids is 1. The van der Waals surface area contributed by atoms with Gasteiger partial charge in [0.25, 0.3) is 0 Å². The fourth-order valence-electron chi connectivity index (χ4n) is 2.17. The molecule has 0 saturated heterocycles.